The second kappa shape index (κ2) is 6.59. The van der Waals surface area contributed by atoms with E-state index in [1.807, 2.05) is 6.07 Å². The van der Waals surface area contributed by atoms with E-state index in [2.05, 4.69) is 33.0 Å². The van der Waals surface area contributed by atoms with Crippen molar-refractivity contribution in [1.29, 1.82) is 0 Å². The predicted octanol–water partition coefficient (Wildman–Crippen LogP) is 2.41. The van der Waals surface area contributed by atoms with Gasteiger partial charge in [-0.05, 0) is 40.0 Å². The minimum Gasteiger partial charge on any atom is -0.496 e. The Kier molecular flexibility index (Phi) is 5.73. The first-order chi connectivity index (χ1) is 7.69. The fourth-order valence-electron chi connectivity index (χ4n) is 2.07. The van der Waals surface area contributed by atoms with Crippen molar-refractivity contribution in [2.75, 3.05) is 20.2 Å². The summed E-state index contributed by atoms with van der Waals surface area (Å²) < 4.78 is 6.22. The third-order valence-corrected chi connectivity index (χ3v) is 3.55. The Bertz CT molecular complexity index is 376. The summed E-state index contributed by atoms with van der Waals surface area (Å²) in [5.74, 6) is 0.877. The van der Waals surface area contributed by atoms with E-state index in [1.54, 1.807) is 7.11 Å². The van der Waals surface area contributed by atoms with Crippen LogP contribution in [0.5, 0.6) is 5.75 Å². The molecule has 0 saturated carbocycles. The van der Waals surface area contributed by atoms with Crippen LogP contribution in [0.25, 0.3) is 0 Å². The van der Waals surface area contributed by atoms with Gasteiger partial charge in [-0.3, -0.25) is 4.90 Å². The van der Waals surface area contributed by atoms with Crippen LogP contribution >= 0.6 is 28.3 Å². The highest BCUT2D eigenvalue weighted by atomic mass is 79.9. The molecule has 2 N–H and O–H groups in total. The molecule has 1 fully saturated rings. The van der Waals surface area contributed by atoms with Crippen LogP contribution in [0.15, 0.2) is 22.7 Å². The first-order valence-electron chi connectivity index (χ1n) is 5.49. The zero-order valence-corrected chi connectivity index (χ0v) is 12.3. The van der Waals surface area contributed by atoms with E-state index in [1.165, 1.54) is 5.56 Å². The number of nitrogens with zero attached hydrogens (tertiary/aromatic N) is 1. The molecule has 1 atom stereocenters. The number of halogens is 2. The Labute approximate surface area is 117 Å². The molecule has 1 heterocycles. The lowest BCUT2D eigenvalue weighted by atomic mass is 10.2. The van der Waals surface area contributed by atoms with Crippen LogP contribution in [0.2, 0.25) is 0 Å². The first-order valence-corrected chi connectivity index (χ1v) is 6.28. The van der Waals surface area contributed by atoms with E-state index in [-0.39, 0.29) is 12.4 Å². The average molecular weight is 322 g/mol. The molecule has 0 spiro atoms. The molecule has 0 radical (unpaired) electrons. The summed E-state index contributed by atoms with van der Waals surface area (Å²) in [7, 11) is 1.68. The van der Waals surface area contributed by atoms with Gasteiger partial charge in [-0.2, -0.15) is 0 Å². The molecule has 2 rings (SSSR count). The van der Waals surface area contributed by atoms with Crippen LogP contribution in [0.3, 0.4) is 0 Å². The summed E-state index contributed by atoms with van der Waals surface area (Å²) in [6.07, 6.45) is 1.11. The second-order valence-electron chi connectivity index (χ2n) is 4.25. The number of ether oxygens (including phenoxy) is 1. The lowest BCUT2D eigenvalue weighted by Crippen LogP contribution is -2.26. The molecule has 1 aliphatic heterocycles. The number of rotatable bonds is 3. The quantitative estimate of drug-likeness (QED) is 0.929. The fourth-order valence-corrected chi connectivity index (χ4v) is 2.66. The summed E-state index contributed by atoms with van der Waals surface area (Å²) >= 11 is 3.50. The Morgan fingerprint density at radius 2 is 2.29 bits per heavy atom. The molecule has 0 aliphatic carbocycles. The molecule has 0 aromatic heterocycles. The van der Waals surface area contributed by atoms with E-state index in [0.29, 0.717) is 6.04 Å². The minimum absolute atomic E-state index is 0. The molecule has 1 aromatic carbocycles. The normalized spacial score (nSPS) is 20.1. The number of likely N-dealkylation sites (tertiary alicyclic amines) is 1. The number of methoxy groups -OCH3 is 1. The molecular formula is C12H18BrClN2O. The van der Waals surface area contributed by atoms with Crippen molar-refractivity contribution in [2.45, 2.75) is 19.0 Å². The summed E-state index contributed by atoms with van der Waals surface area (Å²) in [6.45, 7) is 3.07. The maximum Gasteiger partial charge on any atom is 0.133 e. The largest absolute Gasteiger partial charge is 0.496 e. The van der Waals surface area contributed by atoms with Crippen molar-refractivity contribution in [3.8, 4) is 5.75 Å². The van der Waals surface area contributed by atoms with Gasteiger partial charge in [-0.25, -0.2) is 0 Å². The molecule has 5 heteroatoms. The van der Waals surface area contributed by atoms with Gasteiger partial charge in [-0.1, -0.05) is 6.07 Å². The highest BCUT2D eigenvalue weighted by Gasteiger charge is 2.18. The molecule has 0 unspecified atom stereocenters. The van der Waals surface area contributed by atoms with Gasteiger partial charge in [0.15, 0.2) is 0 Å². The van der Waals surface area contributed by atoms with Crippen LogP contribution in [0.4, 0.5) is 0 Å². The molecule has 1 aromatic rings. The number of hydrogen-bond acceptors (Lipinski definition) is 3. The summed E-state index contributed by atoms with van der Waals surface area (Å²) in [5.41, 5.74) is 7.18. The Morgan fingerprint density at radius 1 is 1.53 bits per heavy atom. The van der Waals surface area contributed by atoms with E-state index in [9.17, 15) is 0 Å². The first kappa shape index (κ1) is 14.8. The number of benzene rings is 1. The van der Waals surface area contributed by atoms with Crippen molar-refractivity contribution in [3.63, 3.8) is 0 Å². The lowest BCUT2D eigenvalue weighted by Gasteiger charge is -2.15. The maximum atomic E-state index is 5.88. The SMILES string of the molecule is COc1ccc(CN2CC[C@@H](N)C2)cc1Br.Cl. The van der Waals surface area contributed by atoms with Gasteiger partial charge in [0.2, 0.25) is 0 Å². The van der Waals surface area contributed by atoms with Crippen molar-refractivity contribution in [1.82, 2.24) is 4.90 Å². The van der Waals surface area contributed by atoms with Crippen molar-refractivity contribution < 1.29 is 4.74 Å². The fraction of sp³-hybridized carbons (Fsp3) is 0.500. The molecule has 17 heavy (non-hydrogen) atoms. The van der Waals surface area contributed by atoms with E-state index in [4.69, 9.17) is 10.5 Å². The second-order valence-corrected chi connectivity index (χ2v) is 5.11. The van der Waals surface area contributed by atoms with E-state index < -0.39 is 0 Å². The summed E-state index contributed by atoms with van der Waals surface area (Å²) in [5, 5.41) is 0. The Morgan fingerprint density at radius 3 is 2.82 bits per heavy atom. The average Bonchev–Trinajstić information content (AvgIpc) is 2.64. The third kappa shape index (κ3) is 3.85. The number of hydrogen-bond donors (Lipinski definition) is 1. The van der Waals surface area contributed by atoms with Crippen molar-refractivity contribution >= 4 is 28.3 Å². The van der Waals surface area contributed by atoms with Gasteiger partial charge >= 0.3 is 0 Å². The van der Waals surface area contributed by atoms with Crippen LogP contribution in [0.1, 0.15) is 12.0 Å². The number of nitrogens with two attached hydrogens (primary N) is 1. The third-order valence-electron chi connectivity index (χ3n) is 2.93. The monoisotopic (exact) mass is 320 g/mol. The minimum atomic E-state index is 0. The maximum absolute atomic E-state index is 5.88. The summed E-state index contributed by atoms with van der Waals surface area (Å²) in [6, 6.07) is 6.56. The van der Waals surface area contributed by atoms with Gasteiger partial charge in [-0.15, -0.1) is 12.4 Å². The van der Waals surface area contributed by atoms with Crippen LogP contribution in [-0.4, -0.2) is 31.1 Å². The zero-order chi connectivity index (χ0) is 11.5. The van der Waals surface area contributed by atoms with E-state index >= 15 is 0 Å². The highest BCUT2D eigenvalue weighted by molar-refractivity contribution is 9.10. The topological polar surface area (TPSA) is 38.5 Å². The zero-order valence-electron chi connectivity index (χ0n) is 9.86. The smallest absolute Gasteiger partial charge is 0.133 e. The molecule has 96 valence electrons. The van der Waals surface area contributed by atoms with Gasteiger partial charge in [0.1, 0.15) is 5.75 Å². The molecular weight excluding hydrogens is 304 g/mol. The van der Waals surface area contributed by atoms with Crippen molar-refractivity contribution in [2.24, 2.45) is 5.73 Å². The standard InChI is InChI=1S/C12H17BrN2O.ClH/c1-16-12-3-2-9(6-11(12)13)7-15-5-4-10(14)8-15;/h2-3,6,10H,4-5,7-8,14H2,1H3;1H/t10-;/m1./s1. The van der Waals surface area contributed by atoms with E-state index in [0.717, 1.165) is 36.3 Å². The predicted molar refractivity (Wildman–Crippen MR) is 75.8 cm³/mol. The highest BCUT2D eigenvalue weighted by Crippen LogP contribution is 2.26. The molecule has 0 bridgehead atoms. The molecule has 1 saturated heterocycles. The van der Waals surface area contributed by atoms with Crippen LogP contribution in [-0.2, 0) is 6.54 Å². The van der Waals surface area contributed by atoms with Crippen molar-refractivity contribution in [3.05, 3.63) is 28.2 Å². The molecule has 0 amide bonds. The van der Waals surface area contributed by atoms with Crippen LogP contribution in [0, 0.1) is 0 Å². The van der Waals surface area contributed by atoms with Crippen LogP contribution < -0.4 is 10.5 Å². The van der Waals surface area contributed by atoms with Gasteiger partial charge in [0, 0.05) is 25.7 Å². The lowest BCUT2D eigenvalue weighted by molar-refractivity contribution is 0.326. The summed E-state index contributed by atoms with van der Waals surface area (Å²) in [4.78, 5) is 2.39. The van der Waals surface area contributed by atoms with Gasteiger partial charge in [0.05, 0.1) is 11.6 Å². The Hall–Kier alpha value is -0.290. The van der Waals surface area contributed by atoms with Gasteiger partial charge < -0.3 is 10.5 Å². The molecule has 3 nitrogen and oxygen atoms in total. The Balaban J connectivity index is 0.00000144. The molecule has 1 aliphatic rings. The van der Waals surface area contributed by atoms with Gasteiger partial charge in [0.25, 0.3) is 0 Å².